The van der Waals surface area contributed by atoms with E-state index in [4.69, 9.17) is 11.6 Å². The van der Waals surface area contributed by atoms with Crippen LogP contribution < -0.4 is 0 Å². The van der Waals surface area contributed by atoms with Gasteiger partial charge in [0.25, 0.3) is 0 Å². The Kier molecular flexibility index (Phi) is 2.68. The molecule has 0 radical (unpaired) electrons. The first-order valence-corrected chi connectivity index (χ1v) is 5.84. The van der Waals surface area contributed by atoms with Gasteiger partial charge in [-0.25, -0.2) is 4.39 Å². The van der Waals surface area contributed by atoms with E-state index < -0.39 is 0 Å². The molecule has 3 aromatic rings. The Balaban J connectivity index is 2.14. The van der Waals surface area contributed by atoms with Crippen LogP contribution in [0.2, 0.25) is 0 Å². The Morgan fingerprint density at radius 1 is 1.06 bits per heavy atom. The van der Waals surface area contributed by atoms with Crippen LogP contribution >= 0.6 is 11.6 Å². The van der Waals surface area contributed by atoms with E-state index in [9.17, 15) is 4.39 Å². The zero-order valence-corrected chi connectivity index (χ0v) is 9.97. The largest absolute Gasteiger partial charge is 0.207 e. The first-order chi connectivity index (χ1) is 8.78. The molecule has 0 aliphatic heterocycles. The molecule has 6 heteroatoms. The number of hydrogen-bond donors (Lipinski definition) is 0. The molecule has 3 rings (SSSR count). The Morgan fingerprint density at radius 2 is 1.83 bits per heavy atom. The summed E-state index contributed by atoms with van der Waals surface area (Å²) in [6.07, 6.45) is 0. The summed E-state index contributed by atoms with van der Waals surface area (Å²) < 4.78 is 14.5. The van der Waals surface area contributed by atoms with Crippen LogP contribution in [0.1, 0.15) is 5.82 Å². The van der Waals surface area contributed by atoms with Gasteiger partial charge in [0, 0.05) is 5.56 Å². The van der Waals surface area contributed by atoms with E-state index in [0.29, 0.717) is 17.2 Å². The lowest BCUT2D eigenvalue weighted by Gasteiger charge is -2.02. The number of alkyl halides is 1. The number of rotatable bonds is 2. The van der Waals surface area contributed by atoms with E-state index in [0.717, 1.165) is 5.56 Å². The van der Waals surface area contributed by atoms with E-state index in [2.05, 4.69) is 15.3 Å². The maximum absolute atomic E-state index is 12.9. The third-order valence-corrected chi connectivity index (χ3v) is 2.83. The summed E-state index contributed by atoms with van der Waals surface area (Å²) in [6, 6.07) is 9.76. The maximum Gasteiger partial charge on any atom is 0.177 e. The fourth-order valence-electron chi connectivity index (χ4n) is 1.69. The number of halogens is 2. The molecule has 0 aliphatic rings. The smallest absolute Gasteiger partial charge is 0.177 e. The number of benzene rings is 1. The van der Waals surface area contributed by atoms with Gasteiger partial charge in [0.15, 0.2) is 11.5 Å². The molecule has 0 saturated heterocycles. The Morgan fingerprint density at radius 3 is 2.56 bits per heavy atom. The Labute approximate surface area is 107 Å². The summed E-state index contributed by atoms with van der Waals surface area (Å²) in [5.41, 5.74) is 2.18. The van der Waals surface area contributed by atoms with Crippen molar-refractivity contribution in [3.63, 3.8) is 0 Å². The molecular weight excluding hydrogens is 255 g/mol. The van der Waals surface area contributed by atoms with Crippen molar-refractivity contribution >= 4 is 17.2 Å². The van der Waals surface area contributed by atoms with Crippen LogP contribution in [-0.4, -0.2) is 19.8 Å². The second-order valence-electron chi connectivity index (χ2n) is 3.75. The molecule has 1 aromatic carbocycles. The van der Waals surface area contributed by atoms with Crippen LogP contribution in [0.5, 0.6) is 0 Å². The summed E-state index contributed by atoms with van der Waals surface area (Å²) in [4.78, 5) is 0. The second kappa shape index (κ2) is 4.34. The highest BCUT2D eigenvalue weighted by Gasteiger charge is 2.07. The molecule has 4 nitrogen and oxygen atoms in total. The van der Waals surface area contributed by atoms with Gasteiger partial charge in [-0.15, -0.1) is 21.8 Å². The van der Waals surface area contributed by atoms with Crippen LogP contribution in [0.3, 0.4) is 0 Å². The molecule has 18 heavy (non-hydrogen) atoms. The second-order valence-corrected chi connectivity index (χ2v) is 4.01. The van der Waals surface area contributed by atoms with Crippen molar-refractivity contribution in [3.05, 3.63) is 48.0 Å². The van der Waals surface area contributed by atoms with Crippen LogP contribution in [-0.2, 0) is 5.88 Å². The van der Waals surface area contributed by atoms with E-state index >= 15 is 0 Å². The predicted molar refractivity (Wildman–Crippen MR) is 65.7 cm³/mol. The maximum atomic E-state index is 12.9. The van der Waals surface area contributed by atoms with Gasteiger partial charge in [0.05, 0.1) is 11.6 Å². The molecular formula is C12H8ClFN4. The Bertz CT molecular complexity index is 693. The standard InChI is InChI=1S/C12H8ClFN4/c13-7-12-16-15-11-6-5-10(17-18(11)12)8-1-3-9(14)4-2-8/h1-6H,7H2. The minimum Gasteiger partial charge on any atom is -0.207 e. The van der Waals surface area contributed by atoms with Crippen LogP contribution in [0.25, 0.3) is 16.9 Å². The lowest BCUT2D eigenvalue weighted by Crippen LogP contribution is -1.98. The lowest BCUT2D eigenvalue weighted by atomic mass is 10.1. The fraction of sp³-hybridized carbons (Fsp3) is 0.0833. The average Bonchev–Trinajstić information content (AvgIpc) is 2.81. The van der Waals surface area contributed by atoms with Gasteiger partial charge in [0.1, 0.15) is 5.82 Å². The molecule has 0 aliphatic carbocycles. The SMILES string of the molecule is Fc1ccc(-c2ccc3nnc(CCl)n3n2)cc1. The summed E-state index contributed by atoms with van der Waals surface area (Å²) in [6.45, 7) is 0. The van der Waals surface area contributed by atoms with Gasteiger partial charge in [-0.3, -0.25) is 0 Å². The van der Waals surface area contributed by atoms with Crippen LogP contribution in [0, 0.1) is 5.82 Å². The molecule has 0 atom stereocenters. The van der Waals surface area contributed by atoms with E-state index in [1.807, 2.05) is 6.07 Å². The molecule has 90 valence electrons. The normalized spacial score (nSPS) is 11.0. The van der Waals surface area contributed by atoms with Crippen molar-refractivity contribution in [2.75, 3.05) is 0 Å². The monoisotopic (exact) mass is 262 g/mol. The third-order valence-electron chi connectivity index (χ3n) is 2.59. The minimum atomic E-state index is -0.273. The van der Waals surface area contributed by atoms with Gasteiger partial charge < -0.3 is 0 Å². The number of nitrogens with zero attached hydrogens (tertiary/aromatic N) is 4. The third kappa shape index (κ3) is 1.82. The van der Waals surface area contributed by atoms with Crippen molar-refractivity contribution in [1.29, 1.82) is 0 Å². The van der Waals surface area contributed by atoms with Gasteiger partial charge in [-0.2, -0.15) is 9.61 Å². The first-order valence-electron chi connectivity index (χ1n) is 5.31. The summed E-state index contributed by atoms with van der Waals surface area (Å²) in [7, 11) is 0. The molecule has 0 bridgehead atoms. The highest BCUT2D eigenvalue weighted by atomic mass is 35.5. The fourth-order valence-corrected chi connectivity index (χ4v) is 1.86. The minimum absolute atomic E-state index is 0.237. The molecule has 0 unspecified atom stereocenters. The predicted octanol–water partition coefficient (Wildman–Crippen LogP) is 2.67. The average molecular weight is 263 g/mol. The van der Waals surface area contributed by atoms with E-state index in [-0.39, 0.29) is 11.7 Å². The quantitative estimate of drug-likeness (QED) is 0.667. The number of aromatic nitrogens is 4. The van der Waals surface area contributed by atoms with Crippen molar-refractivity contribution in [2.24, 2.45) is 0 Å². The zero-order valence-electron chi connectivity index (χ0n) is 9.22. The molecule has 0 saturated carbocycles. The molecule has 0 N–H and O–H groups in total. The van der Waals surface area contributed by atoms with Gasteiger partial charge in [0.2, 0.25) is 0 Å². The van der Waals surface area contributed by atoms with Crippen molar-refractivity contribution in [1.82, 2.24) is 19.8 Å². The van der Waals surface area contributed by atoms with Crippen molar-refractivity contribution in [2.45, 2.75) is 5.88 Å². The van der Waals surface area contributed by atoms with Crippen LogP contribution in [0.4, 0.5) is 4.39 Å². The molecule has 0 amide bonds. The van der Waals surface area contributed by atoms with Crippen molar-refractivity contribution < 1.29 is 4.39 Å². The molecule has 2 aromatic heterocycles. The zero-order chi connectivity index (χ0) is 12.5. The number of hydrogen-bond acceptors (Lipinski definition) is 3. The van der Waals surface area contributed by atoms with Gasteiger partial charge >= 0.3 is 0 Å². The molecule has 2 heterocycles. The number of fused-ring (bicyclic) bond motifs is 1. The van der Waals surface area contributed by atoms with Crippen molar-refractivity contribution in [3.8, 4) is 11.3 Å². The first kappa shape index (κ1) is 11.1. The summed E-state index contributed by atoms with van der Waals surface area (Å²) in [5, 5.41) is 12.3. The van der Waals surface area contributed by atoms with Gasteiger partial charge in [-0.1, -0.05) is 0 Å². The van der Waals surface area contributed by atoms with E-state index in [1.54, 1.807) is 22.7 Å². The Hall–Kier alpha value is -2.01. The summed E-state index contributed by atoms with van der Waals surface area (Å²) in [5.74, 6) is 0.544. The van der Waals surface area contributed by atoms with E-state index in [1.165, 1.54) is 12.1 Å². The highest BCUT2D eigenvalue weighted by molar-refractivity contribution is 6.16. The molecule has 0 spiro atoms. The van der Waals surface area contributed by atoms with Crippen LogP contribution in [0.15, 0.2) is 36.4 Å². The molecule has 0 fully saturated rings. The topological polar surface area (TPSA) is 43.1 Å². The van der Waals surface area contributed by atoms with Gasteiger partial charge in [-0.05, 0) is 36.4 Å². The highest BCUT2D eigenvalue weighted by Crippen LogP contribution is 2.18. The summed E-state index contributed by atoms with van der Waals surface area (Å²) >= 11 is 5.75. The lowest BCUT2D eigenvalue weighted by molar-refractivity contribution is 0.628.